The zero-order valence-electron chi connectivity index (χ0n) is 21.2. The van der Waals surface area contributed by atoms with Gasteiger partial charge in [-0.25, -0.2) is 18.6 Å². The number of anilines is 2. The predicted octanol–water partition coefficient (Wildman–Crippen LogP) is 5.19. The molecule has 0 unspecified atom stereocenters. The van der Waals surface area contributed by atoms with Crippen molar-refractivity contribution in [3.63, 3.8) is 0 Å². The van der Waals surface area contributed by atoms with Gasteiger partial charge < -0.3 is 0 Å². The third-order valence-corrected chi connectivity index (χ3v) is 7.81. The zero-order chi connectivity index (χ0) is 28.5. The molecule has 0 atom stereocenters. The third kappa shape index (κ3) is 3.34. The zero-order valence-corrected chi connectivity index (χ0v) is 21.2. The quantitative estimate of drug-likeness (QED) is 0.292. The largest absolute Gasteiger partial charge is 0.269 e. The molecule has 0 fully saturated rings. The smallest absolute Gasteiger partial charge is 0.258 e. The normalized spacial score (nSPS) is 16.6. The molecule has 4 aromatic rings. The van der Waals surface area contributed by atoms with E-state index in [1.807, 2.05) is 48.5 Å². The van der Waals surface area contributed by atoms with E-state index in [4.69, 9.17) is 0 Å². The number of hydrogen-bond acceptors (Lipinski definition) is 4. The Morgan fingerprint density at radius 3 is 1.22 bits per heavy atom. The topological polar surface area (TPSA) is 74.8 Å². The van der Waals surface area contributed by atoms with Crippen LogP contribution >= 0.6 is 0 Å². The van der Waals surface area contributed by atoms with Crippen LogP contribution < -0.4 is 9.80 Å². The summed E-state index contributed by atoms with van der Waals surface area (Å²) in [6, 6.07) is 23.6. The number of carbonyl (C=O) groups excluding carboxylic acids is 4. The predicted molar refractivity (Wildman–Crippen MR) is 147 cm³/mol. The first-order chi connectivity index (χ1) is 19.8. The van der Waals surface area contributed by atoms with E-state index in [0.717, 1.165) is 56.4 Å². The second-order valence-corrected chi connectivity index (χ2v) is 9.86. The van der Waals surface area contributed by atoms with Crippen LogP contribution in [0.15, 0.2) is 109 Å². The third-order valence-electron chi connectivity index (χ3n) is 7.81. The van der Waals surface area contributed by atoms with Crippen LogP contribution in [0.4, 0.5) is 20.2 Å². The molecule has 0 bridgehead atoms. The molecule has 0 spiro atoms. The molecule has 0 radical (unpaired) electrons. The van der Waals surface area contributed by atoms with Crippen molar-refractivity contribution >= 4 is 35.0 Å². The fraction of sp³-hybridized carbons (Fsp3) is 0.0303. The summed E-state index contributed by atoms with van der Waals surface area (Å²) in [6.07, 6.45) is 4.32. The summed E-state index contributed by atoms with van der Waals surface area (Å²) in [5, 5.41) is 0. The molecule has 1 aliphatic carbocycles. The van der Waals surface area contributed by atoms with E-state index < -0.39 is 40.7 Å². The Bertz CT molecular complexity index is 1750. The van der Waals surface area contributed by atoms with Gasteiger partial charge in [-0.2, -0.15) is 0 Å². The van der Waals surface area contributed by atoms with E-state index >= 15 is 8.78 Å². The van der Waals surface area contributed by atoms with Crippen LogP contribution in [0.5, 0.6) is 0 Å². The Morgan fingerprint density at radius 2 is 0.854 bits per heavy atom. The minimum atomic E-state index is -1.21. The Labute approximate surface area is 232 Å². The van der Waals surface area contributed by atoms with Crippen molar-refractivity contribution in [1.29, 1.82) is 0 Å². The number of carbonyl (C=O) groups is 4. The number of fused-ring (bicyclic) bond motifs is 3. The first-order valence-electron chi connectivity index (χ1n) is 12.7. The fourth-order valence-electron chi connectivity index (χ4n) is 6.14. The number of halogens is 2. The lowest BCUT2D eigenvalue weighted by Crippen LogP contribution is -2.32. The number of imide groups is 2. The molecule has 2 aliphatic heterocycles. The van der Waals surface area contributed by atoms with Crippen molar-refractivity contribution in [1.82, 2.24) is 0 Å². The molecule has 4 aromatic carbocycles. The van der Waals surface area contributed by atoms with Gasteiger partial charge in [0.2, 0.25) is 0 Å². The molecule has 0 saturated heterocycles. The number of amides is 4. The summed E-state index contributed by atoms with van der Waals surface area (Å²) in [4.78, 5) is 50.6. The van der Waals surface area contributed by atoms with Gasteiger partial charge in [0.05, 0.1) is 16.8 Å². The molecule has 4 amide bonds. The molecule has 41 heavy (non-hydrogen) atoms. The van der Waals surface area contributed by atoms with Gasteiger partial charge in [0.25, 0.3) is 23.6 Å². The Kier molecular flexibility index (Phi) is 5.24. The van der Waals surface area contributed by atoms with Gasteiger partial charge in [-0.15, -0.1) is 0 Å². The summed E-state index contributed by atoms with van der Waals surface area (Å²) < 4.78 is 31.7. The summed E-state index contributed by atoms with van der Waals surface area (Å²) in [5.74, 6) is -4.19. The van der Waals surface area contributed by atoms with Crippen LogP contribution in [0.25, 0.3) is 11.1 Å². The molecular formula is C33H18F2N2O4. The first kappa shape index (κ1) is 24.5. The molecule has 3 aliphatic rings. The van der Waals surface area contributed by atoms with Crippen LogP contribution in [-0.4, -0.2) is 23.6 Å². The molecule has 0 aromatic heterocycles. The van der Waals surface area contributed by atoms with Gasteiger partial charge >= 0.3 is 0 Å². The summed E-state index contributed by atoms with van der Waals surface area (Å²) in [5.41, 5.74) is 2.57. The lowest BCUT2D eigenvalue weighted by molar-refractivity contribution is -0.121. The molecule has 198 valence electrons. The molecular weight excluding hydrogens is 526 g/mol. The fourth-order valence-corrected chi connectivity index (χ4v) is 6.14. The van der Waals surface area contributed by atoms with Crippen molar-refractivity contribution in [2.45, 2.75) is 5.41 Å². The van der Waals surface area contributed by atoms with Gasteiger partial charge in [-0.1, -0.05) is 60.7 Å². The average Bonchev–Trinajstić information content (AvgIpc) is 3.59. The van der Waals surface area contributed by atoms with E-state index in [0.29, 0.717) is 11.1 Å². The maximum atomic E-state index is 15.8. The molecule has 8 heteroatoms. The van der Waals surface area contributed by atoms with Crippen LogP contribution in [-0.2, 0) is 24.6 Å². The Hall–Kier alpha value is -5.50. The van der Waals surface area contributed by atoms with E-state index in [-0.39, 0.29) is 11.4 Å². The van der Waals surface area contributed by atoms with Crippen molar-refractivity contribution in [3.05, 3.63) is 143 Å². The highest BCUT2D eigenvalue weighted by Gasteiger charge is 2.47. The van der Waals surface area contributed by atoms with Gasteiger partial charge in [0.15, 0.2) is 0 Å². The summed E-state index contributed by atoms with van der Waals surface area (Å²) in [7, 11) is 0. The highest BCUT2D eigenvalue weighted by molar-refractivity contribution is 6.28. The van der Waals surface area contributed by atoms with Crippen LogP contribution in [0.1, 0.15) is 22.3 Å². The van der Waals surface area contributed by atoms with Gasteiger partial charge in [0, 0.05) is 24.3 Å². The van der Waals surface area contributed by atoms with Crippen molar-refractivity contribution in [3.8, 4) is 11.1 Å². The standard InChI is InChI=1S/C33H18F2N2O4/c34-25-17-19(9-11-27(25)36-29(38)13-14-30(36)39)33(23-7-3-1-5-21(23)22-6-2-4-8-24(22)33)20-10-12-28(26(35)18-20)37-31(40)15-16-32(37)41/h1-18H. The molecule has 6 nitrogen and oxygen atoms in total. The van der Waals surface area contributed by atoms with E-state index in [1.165, 1.54) is 24.3 Å². The molecule has 7 rings (SSSR count). The minimum Gasteiger partial charge on any atom is -0.269 e. The summed E-state index contributed by atoms with van der Waals surface area (Å²) >= 11 is 0. The van der Waals surface area contributed by atoms with Gasteiger partial charge in [-0.05, 0) is 57.6 Å². The van der Waals surface area contributed by atoms with Crippen molar-refractivity contribution < 1.29 is 28.0 Å². The van der Waals surface area contributed by atoms with Crippen LogP contribution in [0, 0.1) is 11.6 Å². The highest BCUT2D eigenvalue weighted by atomic mass is 19.1. The molecule has 0 N–H and O–H groups in total. The van der Waals surface area contributed by atoms with E-state index in [2.05, 4.69) is 0 Å². The summed E-state index contributed by atoms with van der Waals surface area (Å²) in [6.45, 7) is 0. The minimum absolute atomic E-state index is 0.191. The molecule has 2 heterocycles. The highest BCUT2D eigenvalue weighted by Crippen LogP contribution is 2.56. The van der Waals surface area contributed by atoms with Crippen molar-refractivity contribution in [2.75, 3.05) is 9.80 Å². The maximum Gasteiger partial charge on any atom is 0.258 e. The average molecular weight is 545 g/mol. The SMILES string of the molecule is O=C1C=CC(=O)N1c1ccc(C2(c3ccc(N4C(=O)C=CC4=O)c(F)c3)c3ccccc3-c3ccccc32)cc1F. The van der Waals surface area contributed by atoms with Crippen molar-refractivity contribution in [2.24, 2.45) is 0 Å². The van der Waals surface area contributed by atoms with Crippen LogP contribution in [0.2, 0.25) is 0 Å². The number of rotatable bonds is 4. The number of hydrogen-bond donors (Lipinski definition) is 0. The Balaban J connectivity index is 1.48. The first-order valence-corrected chi connectivity index (χ1v) is 12.7. The number of nitrogens with zero attached hydrogens (tertiary/aromatic N) is 2. The lowest BCUT2D eigenvalue weighted by Gasteiger charge is -2.34. The van der Waals surface area contributed by atoms with E-state index in [9.17, 15) is 19.2 Å². The van der Waals surface area contributed by atoms with Crippen LogP contribution in [0.3, 0.4) is 0 Å². The van der Waals surface area contributed by atoms with Gasteiger partial charge in [-0.3, -0.25) is 19.2 Å². The van der Waals surface area contributed by atoms with Gasteiger partial charge in [0.1, 0.15) is 11.6 Å². The second-order valence-electron chi connectivity index (χ2n) is 9.86. The maximum absolute atomic E-state index is 15.8. The monoisotopic (exact) mass is 544 g/mol. The molecule has 0 saturated carbocycles. The van der Waals surface area contributed by atoms with E-state index in [1.54, 1.807) is 12.1 Å². The Morgan fingerprint density at radius 1 is 0.488 bits per heavy atom. The lowest BCUT2D eigenvalue weighted by atomic mass is 9.67. The second kappa shape index (κ2) is 8.76. The number of benzene rings is 4.